The summed E-state index contributed by atoms with van der Waals surface area (Å²) in [6.45, 7) is 0.179. The highest BCUT2D eigenvalue weighted by Gasteiger charge is 2.50. The number of pyridine rings is 1. The summed E-state index contributed by atoms with van der Waals surface area (Å²) < 4.78 is 33.7. The summed E-state index contributed by atoms with van der Waals surface area (Å²) in [7, 11) is -3.76. The highest BCUT2D eigenvalue weighted by atomic mass is 32.2. The molecule has 2 fully saturated rings. The zero-order chi connectivity index (χ0) is 21.6. The predicted molar refractivity (Wildman–Crippen MR) is 111 cm³/mol. The molecule has 2 unspecified atom stereocenters. The number of para-hydroxylation sites is 1. The maximum atomic E-state index is 12.7. The van der Waals surface area contributed by atoms with Crippen LogP contribution in [0, 0.1) is 5.92 Å². The molecular formula is C21H20N4O5S. The fraction of sp³-hybridized carbons (Fsp3) is 0.286. The summed E-state index contributed by atoms with van der Waals surface area (Å²) in [5.74, 6) is 0.168. The number of fused-ring (bicyclic) bond motifs is 1. The number of furan rings is 1. The Morgan fingerprint density at radius 1 is 1.19 bits per heavy atom. The van der Waals surface area contributed by atoms with Crippen LogP contribution in [0.2, 0.25) is 0 Å². The van der Waals surface area contributed by atoms with Gasteiger partial charge in [0.2, 0.25) is 10.0 Å². The lowest BCUT2D eigenvalue weighted by molar-refractivity contribution is -0.123. The van der Waals surface area contributed by atoms with E-state index in [1.807, 2.05) is 30.3 Å². The number of sulfonamides is 1. The third-order valence-corrected chi connectivity index (χ3v) is 7.33. The van der Waals surface area contributed by atoms with Gasteiger partial charge in [-0.3, -0.25) is 15.1 Å². The van der Waals surface area contributed by atoms with Crippen LogP contribution >= 0.6 is 0 Å². The van der Waals surface area contributed by atoms with E-state index in [4.69, 9.17) is 4.42 Å². The smallest absolute Gasteiger partial charge is 0.322 e. The van der Waals surface area contributed by atoms with E-state index in [0.717, 1.165) is 11.0 Å². The quantitative estimate of drug-likeness (QED) is 0.521. The van der Waals surface area contributed by atoms with Crippen LogP contribution in [-0.4, -0.2) is 37.4 Å². The Labute approximate surface area is 178 Å². The van der Waals surface area contributed by atoms with Crippen molar-refractivity contribution in [2.75, 3.05) is 6.54 Å². The second-order valence-electron chi connectivity index (χ2n) is 7.98. The van der Waals surface area contributed by atoms with Crippen LogP contribution in [0.1, 0.15) is 19.3 Å². The van der Waals surface area contributed by atoms with Crippen LogP contribution in [0.4, 0.5) is 4.79 Å². The normalized spacial score (nSPS) is 23.4. The molecule has 1 saturated carbocycles. The van der Waals surface area contributed by atoms with Gasteiger partial charge >= 0.3 is 6.03 Å². The summed E-state index contributed by atoms with van der Waals surface area (Å²) in [6, 6.07) is 12.0. The lowest BCUT2D eigenvalue weighted by Gasteiger charge is -2.19. The number of carbonyl (C=O) groups is 2. The molecule has 0 bridgehead atoms. The van der Waals surface area contributed by atoms with Crippen LogP contribution in [0.5, 0.6) is 0 Å². The maximum absolute atomic E-state index is 12.7. The molecule has 31 heavy (non-hydrogen) atoms. The van der Waals surface area contributed by atoms with Crippen LogP contribution in [0.3, 0.4) is 0 Å². The molecule has 1 spiro atoms. The Morgan fingerprint density at radius 3 is 2.74 bits per heavy atom. The molecule has 3 heterocycles. The average molecular weight is 440 g/mol. The minimum atomic E-state index is -3.76. The number of nitrogens with one attached hydrogen (secondary N) is 3. The maximum Gasteiger partial charge on any atom is 0.322 e. The van der Waals surface area contributed by atoms with E-state index in [0.29, 0.717) is 30.7 Å². The predicted octanol–water partition coefficient (Wildman–Crippen LogP) is 2.15. The van der Waals surface area contributed by atoms with Crippen molar-refractivity contribution < 1.29 is 22.4 Å². The van der Waals surface area contributed by atoms with E-state index in [2.05, 4.69) is 20.3 Å². The van der Waals surface area contributed by atoms with Crippen molar-refractivity contribution in [3.63, 3.8) is 0 Å². The highest BCUT2D eigenvalue weighted by molar-refractivity contribution is 7.89. The van der Waals surface area contributed by atoms with Crippen molar-refractivity contribution in [1.29, 1.82) is 0 Å². The van der Waals surface area contributed by atoms with E-state index in [-0.39, 0.29) is 23.3 Å². The monoisotopic (exact) mass is 440 g/mol. The van der Waals surface area contributed by atoms with Gasteiger partial charge in [0, 0.05) is 18.1 Å². The lowest BCUT2D eigenvalue weighted by atomic mass is 9.96. The summed E-state index contributed by atoms with van der Waals surface area (Å²) in [5, 5.41) is 5.87. The van der Waals surface area contributed by atoms with E-state index >= 15 is 0 Å². The van der Waals surface area contributed by atoms with Crippen molar-refractivity contribution in [3.05, 3.63) is 48.7 Å². The number of aromatic nitrogens is 1. The molecule has 160 valence electrons. The largest absolute Gasteiger partial charge is 0.454 e. The number of nitrogens with zero attached hydrogens (tertiary/aromatic N) is 1. The third kappa shape index (κ3) is 3.57. The standard InChI is InChI=1S/C21H20N4O5S/c26-19-21(25-20(27)24-19)8-7-13(10-21)11-23-31(28,29)15-5-6-16(22-12-15)18-9-14-3-1-2-4-17(14)30-18/h1-6,9,12-13,23H,7-8,10-11H2,(H2,24,25,26,27). The van der Waals surface area contributed by atoms with Crippen molar-refractivity contribution in [2.24, 2.45) is 5.92 Å². The fourth-order valence-electron chi connectivity index (χ4n) is 4.27. The molecule has 1 aliphatic heterocycles. The van der Waals surface area contributed by atoms with Gasteiger partial charge in [-0.25, -0.2) is 17.9 Å². The first-order chi connectivity index (χ1) is 14.8. The van der Waals surface area contributed by atoms with E-state index < -0.39 is 21.6 Å². The van der Waals surface area contributed by atoms with E-state index in [9.17, 15) is 18.0 Å². The van der Waals surface area contributed by atoms with Gasteiger partial charge < -0.3 is 9.73 Å². The molecule has 9 nitrogen and oxygen atoms in total. The Hall–Kier alpha value is -3.24. The Bertz CT molecular complexity index is 1250. The van der Waals surface area contributed by atoms with Crippen molar-refractivity contribution in [3.8, 4) is 11.5 Å². The van der Waals surface area contributed by atoms with Crippen molar-refractivity contribution >= 4 is 32.9 Å². The van der Waals surface area contributed by atoms with Gasteiger partial charge in [-0.05, 0) is 49.4 Å². The molecule has 2 atom stereocenters. The summed E-state index contributed by atoms with van der Waals surface area (Å²) in [6.07, 6.45) is 2.83. The third-order valence-electron chi connectivity index (χ3n) is 5.92. The molecule has 3 aromatic rings. The van der Waals surface area contributed by atoms with E-state index in [1.165, 1.54) is 12.3 Å². The van der Waals surface area contributed by atoms with E-state index in [1.54, 1.807) is 6.07 Å². The highest BCUT2D eigenvalue weighted by Crippen LogP contribution is 2.36. The zero-order valence-corrected chi connectivity index (χ0v) is 17.2. The molecule has 1 aromatic carbocycles. The molecular weight excluding hydrogens is 420 g/mol. The number of amides is 3. The molecule has 10 heteroatoms. The second-order valence-corrected chi connectivity index (χ2v) is 9.75. The minimum absolute atomic E-state index is 0.0481. The molecule has 0 radical (unpaired) electrons. The number of hydrogen-bond donors (Lipinski definition) is 3. The van der Waals surface area contributed by atoms with Gasteiger partial charge in [-0.15, -0.1) is 0 Å². The lowest BCUT2D eigenvalue weighted by Crippen LogP contribution is -2.44. The fourth-order valence-corrected chi connectivity index (χ4v) is 5.33. The molecule has 3 amide bonds. The molecule has 5 rings (SSSR count). The minimum Gasteiger partial charge on any atom is -0.454 e. The number of carbonyl (C=O) groups excluding carboxylic acids is 2. The molecule has 3 N–H and O–H groups in total. The van der Waals surface area contributed by atoms with Crippen LogP contribution < -0.4 is 15.4 Å². The Morgan fingerprint density at radius 2 is 2.03 bits per heavy atom. The number of imide groups is 1. The molecule has 1 aliphatic carbocycles. The number of benzene rings is 1. The van der Waals surface area contributed by atoms with Gasteiger partial charge in [0.1, 0.15) is 21.7 Å². The zero-order valence-electron chi connectivity index (χ0n) is 16.4. The van der Waals surface area contributed by atoms with Crippen molar-refractivity contribution in [1.82, 2.24) is 20.3 Å². The topological polar surface area (TPSA) is 130 Å². The summed E-state index contributed by atoms with van der Waals surface area (Å²) in [4.78, 5) is 27.8. The van der Waals surface area contributed by atoms with Crippen LogP contribution in [0.15, 0.2) is 58.0 Å². The number of urea groups is 1. The van der Waals surface area contributed by atoms with Crippen LogP contribution in [0.25, 0.3) is 22.4 Å². The number of rotatable bonds is 5. The van der Waals surface area contributed by atoms with Crippen LogP contribution in [-0.2, 0) is 14.8 Å². The van der Waals surface area contributed by atoms with Gasteiger partial charge in [0.25, 0.3) is 5.91 Å². The van der Waals surface area contributed by atoms with Gasteiger partial charge in [-0.2, -0.15) is 0 Å². The Balaban J connectivity index is 1.26. The molecule has 1 saturated heterocycles. The SMILES string of the molecule is O=C1NC(=O)C2(CCC(CNS(=O)(=O)c3ccc(-c4cc5ccccc5o4)nc3)C2)N1. The summed E-state index contributed by atoms with van der Waals surface area (Å²) in [5.41, 5.74) is 0.359. The summed E-state index contributed by atoms with van der Waals surface area (Å²) >= 11 is 0. The molecule has 2 aromatic heterocycles. The average Bonchev–Trinajstić information content (AvgIpc) is 3.44. The van der Waals surface area contributed by atoms with Crippen molar-refractivity contribution in [2.45, 2.75) is 29.7 Å². The number of hydrogen-bond acceptors (Lipinski definition) is 6. The van der Waals surface area contributed by atoms with Gasteiger partial charge in [0.15, 0.2) is 5.76 Å². The first-order valence-corrected chi connectivity index (χ1v) is 11.4. The van der Waals surface area contributed by atoms with Gasteiger partial charge in [0.05, 0.1) is 0 Å². The molecule has 2 aliphatic rings. The first kappa shape index (κ1) is 19.7. The first-order valence-electron chi connectivity index (χ1n) is 9.93. The van der Waals surface area contributed by atoms with Gasteiger partial charge in [-0.1, -0.05) is 18.2 Å². The second kappa shape index (κ2) is 7.17. The Kier molecular flexibility index (Phi) is 4.56.